The highest BCUT2D eigenvalue weighted by Crippen LogP contribution is 2.09. The van der Waals surface area contributed by atoms with Crippen LogP contribution in [0.15, 0.2) is 12.4 Å². The molecule has 96 valence electrons. The molecule has 1 atom stereocenters. The fourth-order valence-electron chi connectivity index (χ4n) is 1.96. The minimum absolute atomic E-state index is 0. The zero-order chi connectivity index (χ0) is 11.4. The number of halogens is 1. The van der Waals surface area contributed by atoms with Crippen molar-refractivity contribution >= 4 is 18.3 Å². The molecule has 1 aromatic heterocycles. The number of carbonyl (C=O) groups is 1. The normalized spacial score (nSPS) is 19.8. The third-order valence-corrected chi connectivity index (χ3v) is 2.84. The average Bonchev–Trinajstić information content (AvgIpc) is 2.78. The van der Waals surface area contributed by atoms with Gasteiger partial charge in [-0.2, -0.15) is 0 Å². The molecule has 1 aromatic rings. The van der Waals surface area contributed by atoms with E-state index in [4.69, 9.17) is 5.73 Å². The minimum atomic E-state index is 0. The SMILES string of the molecule is Cl.NC1CCCN(C(=O)CCn2ccnn2)C1. The number of piperidine rings is 1. The van der Waals surface area contributed by atoms with Crippen LogP contribution in [0.3, 0.4) is 0 Å². The molecular formula is C10H18ClN5O. The first-order chi connectivity index (χ1) is 7.75. The third kappa shape index (κ3) is 3.98. The molecule has 1 unspecified atom stereocenters. The average molecular weight is 260 g/mol. The Morgan fingerprint density at radius 1 is 1.53 bits per heavy atom. The van der Waals surface area contributed by atoms with Gasteiger partial charge in [0.15, 0.2) is 0 Å². The molecule has 1 fully saturated rings. The van der Waals surface area contributed by atoms with E-state index in [2.05, 4.69) is 10.3 Å². The molecule has 1 amide bonds. The number of likely N-dealkylation sites (tertiary alicyclic amines) is 1. The van der Waals surface area contributed by atoms with Gasteiger partial charge in [0.2, 0.25) is 5.91 Å². The maximum absolute atomic E-state index is 11.8. The lowest BCUT2D eigenvalue weighted by Crippen LogP contribution is -2.45. The monoisotopic (exact) mass is 259 g/mol. The Morgan fingerprint density at radius 2 is 2.35 bits per heavy atom. The summed E-state index contributed by atoms with van der Waals surface area (Å²) in [5.41, 5.74) is 5.83. The zero-order valence-corrected chi connectivity index (χ0v) is 10.5. The second-order valence-electron chi connectivity index (χ2n) is 4.16. The van der Waals surface area contributed by atoms with Gasteiger partial charge in [-0.3, -0.25) is 9.48 Å². The molecule has 0 bridgehead atoms. The van der Waals surface area contributed by atoms with Gasteiger partial charge < -0.3 is 10.6 Å². The van der Waals surface area contributed by atoms with Crippen LogP contribution in [0.4, 0.5) is 0 Å². The zero-order valence-electron chi connectivity index (χ0n) is 9.66. The van der Waals surface area contributed by atoms with Gasteiger partial charge in [-0.1, -0.05) is 5.21 Å². The summed E-state index contributed by atoms with van der Waals surface area (Å²) in [5, 5.41) is 7.51. The van der Waals surface area contributed by atoms with Gasteiger partial charge >= 0.3 is 0 Å². The predicted molar refractivity (Wildman–Crippen MR) is 65.7 cm³/mol. The standard InChI is InChI=1S/C10H17N5O.ClH/c11-9-2-1-5-14(8-9)10(16)3-6-15-7-4-12-13-15;/h4,7,9H,1-3,5-6,8,11H2;1H. The van der Waals surface area contributed by atoms with E-state index in [9.17, 15) is 4.79 Å². The fourth-order valence-corrected chi connectivity index (χ4v) is 1.96. The highest BCUT2D eigenvalue weighted by Gasteiger charge is 2.20. The molecule has 0 spiro atoms. The summed E-state index contributed by atoms with van der Waals surface area (Å²) in [5.74, 6) is 0.158. The van der Waals surface area contributed by atoms with Crippen LogP contribution < -0.4 is 5.73 Å². The molecule has 2 N–H and O–H groups in total. The summed E-state index contributed by atoms with van der Waals surface area (Å²) in [4.78, 5) is 13.7. The van der Waals surface area contributed by atoms with E-state index in [-0.39, 0.29) is 24.4 Å². The van der Waals surface area contributed by atoms with Gasteiger partial charge in [-0.25, -0.2) is 0 Å². The molecule has 0 aromatic carbocycles. The second kappa shape index (κ2) is 6.56. The van der Waals surface area contributed by atoms with Gasteiger partial charge in [0, 0.05) is 31.7 Å². The van der Waals surface area contributed by atoms with Crippen LogP contribution in [-0.4, -0.2) is 44.9 Å². The van der Waals surface area contributed by atoms with Crippen molar-refractivity contribution in [1.82, 2.24) is 19.9 Å². The first-order valence-electron chi connectivity index (χ1n) is 5.63. The molecule has 1 aliphatic rings. The summed E-state index contributed by atoms with van der Waals surface area (Å²) < 4.78 is 1.67. The number of nitrogens with two attached hydrogens (primary N) is 1. The molecule has 0 saturated carbocycles. The van der Waals surface area contributed by atoms with Crippen LogP contribution in [-0.2, 0) is 11.3 Å². The number of rotatable bonds is 3. The summed E-state index contributed by atoms with van der Waals surface area (Å²) in [6.07, 6.45) is 5.87. The quantitative estimate of drug-likeness (QED) is 0.832. The van der Waals surface area contributed by atoms with Crippen molar-refractivity contribution in [2.24, 2.45) is 5.73 Å². The van der Waals surface area contributed by atoms with E-state index in [1.807, 2.05) is 4.90 Å². The highest BCUT2D eigenvalue weighted by molar-refractivity contribution is 5.85. The number of aromatic nitrogens is 3. The summed E-state index contributed by atoms with van der Waals surface area (Å²) in [7, 11) is 0. The maximum atomic E-state index is 11.8. The Labute approximate surface area is 107 Å². The molecule has 6 nitrogen and oxygen atoms in total. The van der Waals surface area contributed by atoms with Crippen molar-refractivity contribution in [1.29, 1.82) is 0 Å². The Bertz CT molecular complexity index is 342. The number of aryl methyl sites for hydroxylation is 1. The van der Waals surface area contributed by atoms with Crippen LogP contribution in [0, 0.1) is 0 Å². The van der Waals surface area contributed by atoms with E-state index in [0.717, 1.165) is 19.4 Å². The van der Waals surface area contributed by atoms with Crippen LogP contribution >= 0.6 is 12.4 Å². The smallest absolute Gasteiger partial charge is 0.224 e. The molecule has 0 aliphatic carbocycles. The fraction of sp³-hybridized carbons (Fsp3) is 0.700. The molecule has 1 aliphatic heterocycles. The Morgan fingerprint density at radius 3 is 3.00 bits per heavy atom. The van der Waals surface area contributed by atoms with Crippen molar-refractivity contribution in [2.75, 3.05) is 13.1 Å². The van der Waals surface area contributed by atoms with E-state index < -0.39 is 0 Å². The largest absolute Gasteiger partial charge is 0.341 e. The van der Waals surface area contributed by atoms with Gasteiger partial charge in [0.25, 0.3) is 0 Å². The second-order valence-corrected chi connectivity index (χ2v) is 4.16. The van der Waals surface area contributed by atoms with Crippen LogP contribution in [0.25, 0.3) is 0 Å². The summed E-state index contributed by atoms with van der Waals surface area (Å²) in [6, 6.07) is 0.143. The lowest BCUT2D eigenvalue weighted by atomic mass is 10.1. The van der Waals surface area contributed by atoms with E-state index >= 15 is 0 Å². The highest BCUT2D eigenvalue weighted by atomic mass is 35.5. The van der Waals surface area contributed by atoms with Crippen molar-refractivity contribution in [2.45, 2.75) is 31.8 Å². The first kappa shape index (κ1) is 13.9. The Balaban J connectivity index is 0.00000144. The summed E-state index contributed by atoms with van der Waals surface area (Å²) >= 11 is 0. The number of amides is 1. The van der Waals surface area contributed by atoms with E-state index in [0.29, 0.717) is 19.5 Å². The number of hydrogen-bond donors (Lipinski definition) is 1. The third-order valence-electron chi connectivity index (χ3n) is 2.84. The lowest BCUT2D eigenvalue weighted by Gasteiger charge is -2.30. The minimum Gasteiger partial charge on any atom is -0.341 e. The summed E-state index contributed by atoms with van der Waals surface area (Å²) in [6.45, 7) is 2.12. The van der Waals surface area contributed by atoms with Crippen molar-refractivity contribution in [3.05, 3.63) is 12.4 Å². The molecule has 0 radical (unpaired) electrons. The topological polar surface area (TPSA) is 77.0 Å². The van der Waals surface area contributed by atoms with Crippen LogP contribution in [0.1, 0.15) is 19.3 Å². The molecule has 17 heavy (non-hydrogen) atoms. The number of nitrogens with zero attached hydrogens (tertiary/aromatic N) is 4. The molecule has 1 saturated heterocycles. The van der Waals surface area contributed by atoms with Crippen LogP contribution in [0.5, 0.6) is 0 Å². The first-order valence-corrected chi connectivity index (χ1v) is 5.63. The van der Waals surface area contributed by atoms with E-state index in [1.54, 1.807) is 17.1 Å². The number of carbonyl (C=O) groups excluding carboxylic acids is 1. The number of hydrogen-bond acceptors (Lipinski definition) is 4. The predicted octanol–water partition coefficient (Wildman–Crippen LogP) is 0.0397. The molecule has 2 heterocycles. The van der Waals surface area contributed by atoms with Gasteiger partial charge in [-0.15, -0.1) is 17.5 Å². The van der Waals surface area contributed by atoms with Gasteiger partial charge in [-0.05, 0) is 12.8 Å². The maximum Gasteiger partial charge on any atom is 0.224 e. The molecular weight excluding hydrogens is 242 g/mol. The van der Waals surface area contributed by atoms with Crippen molar-refractivity contribution < 1.29 is 4.79 Å². The lowest BCUT2D eigenvalue weighted by molar-refractivity contribution is -0.132. The van der Waals surface area contributed by atoms with Gasteiger partial charge in [0.05, 0.1) is 12.7 Å². The Hall–Kier alpha value is -1.14. The van der Waals surface area contributed by atoms with Crippen LogP contribution in [0.2, 0.25) is 0 Å². The van der Waals surface area contributed by atoms with E-state index in [1.165, 1.54) is 0 Å². The van der Waals surface area contributed by atoms with Gasteiger partial charge in [0.1, 0.15) is 0 Å². The molecule has 7 heteroatoms. The van der Waals surface area contributed by atoms with Crippen molar-refractivity contribution in [3.63, 3.8) is 0 Å². The molecule has 2 rings (SSSR count). The van der Waals surface area contributed by atoms with Crippen molar-refractivity contribution in [3.8, 4) is 0 Å². The Kier molecular flexibility index (Phi) is 5.37.